The molecule has 0 aromatic heterocycles. The number of nitrogens with one attached hydrogen (secondary N) is 1. The number of carbonyl (C=O) groups is 1. The molecule has 1 unspecified atom stereocenters. The van der Waals surface area contributed by atoms with Crippen LogP contribution in [0.1, 0.15) is 11.7 Å². The number of hydrogen-bond acceptors (Lipinski definition) is 2. The largest absolute Gasteiger partial charge is 0.378 e. The molecule has 0 fully saturated rings. The number of aliphatic hydroxyl groups excluding tert-OH is 1. The molecule has 0 aliphatic carbocycles. The van der Waals surface area contributed by atoms with E-state index in [4.69, 9.17) is 11.6 Å². The SMILES string of the molecule is O=C1Nc2c(Cl)cccc2C1O. The summed E-state index contributed by atoms with van der Waals surface area (Å²) in [6, 6.07) is 5.03. The third-order valence-electron chi connectivity index (χ3n) is 1.84. The highest BCUT2D eigenvalue weighted by atomic mass is 35.5. The van der Waals surface area contributed by atoms with Gasteiger partial charge in [0.1, 0.15) is 0 Å². The summed E-state index contributed by atoms with van der Waals surface area (Å²) in [5.41, 5.74) is 1.07. The summed E-state index contributed by atoms with van der Waals surface area (Å²) in [5, 5.41) is 12.3. The summed E-state index contributed by atoms with van der Waals surface area (Å²) < 4.78 is 0. The Kier molecular flexibility index (Phi) is 1.56. The van der Waals surface area contributed by atoms with Gasteiger partial charge in [-0.1, -0.05) is 23.7 Å². The smallest absolute Gasteiger partial charge is 0.257 e. The molecule has 62 valence electrons. The van der Waals surface area contributed by atoms with Crippen molar-refractivity contribution in [3.63, 3.8) is 0 Å². The molecular weight excluding hydrogens is 178 g/mol. The molecule has 0 saturated heterocycles. The molecule has 1 atom stereocenters. The van der Waals surface area contributed by atoms with Crippen LogP contribution in [0.15, 0.2) is 18.2 Å². The maximum atomic E-state index is 11.0. The second-order valence-electron chi connectivity index (χ2n) is 2.60. The number of amides is 1. The Hall–Kier alpha value is -1.06. The van der Waals surface area contributed by atoms with Crippen molar-refractivity contribution in [3.8, 4) is 0 Å². The molecule has 4 heteroatoms. The second kappa shape index (κ2) is 2.47. The number of hydrogen-bond donors (Lipinski definition) is 2. The summed E-state index contributed by atoms with van der Waals surface area (Å²) in [5.74, 6) is -0.418. The summed E-state index contributed by atoms with van der Waals surface area (Å²) in [4.78, 5) is 11.0. The van der Waals surface area contributed by atoms with Gasteiger partial charge < -0.3 is 10.4 Å². The maximum Gasteiger partial charge on any atom is 0.257 e. The quantitative estimate of drug-likeness (QED) is 0.638. The van der Waals surface area contributed by atoms with E-state index in [0.29, 0.717) is 16.3 Å². The van der Waals surface area contributed by atoms with Crippen molar-refractivity contribution in [2.24, 2.45) is 0 Å². The average Bonchev–Trinajstić information content (AvgIpc) is 2.32. The lowest BCUT2D eigenvalue weighted by atomic mass is 10.1. The molecule has 12 heavy (non-hydrogen) atoms. The number of halogens is 1. The van der Waals surface area contributed by atoms with Gasteiger partial charge in [0.15, 0.2) is 6.10 Å². The Morgan fingerprint density at radius 1 is 1.50 bits per heavy atom. The van der Waals surface area contributed by atoms with Crippen molar-refractivity contribution < 1.29 is 9.90 Å². The molecule has 0 bridgehead atoms. The van der Waals surface area contributed by atoms with Crippen LogP contribution in [0.5, 0.6) is 0 Å². The molecule has 0 radical (unpaired) electrons. The first-order valence-corrected chi connectivity index (χ1v) is 3.85. The monoisotopic (exact) mass is 183 g/mol. The molecule has 0 spiro atoms. The first-order valence-electron chi connectivity index (χ1n) is 3.47. The Balaban J connectivity index is 2.60. The highest BCUT2D eigenvalue weighted by Crippen LogP contribution is 2.35. The third kappa shape index (κ3) is 0.906. The molecule has 1 aliphatic heterocycles. The number of carbonyl (C=O) groups excluding carboxylic acids is 1. The highest BCUT2D eigenvalue weighted by molar-refractivity contribution is 6.34. The van der Waals surface area contributed by atoms with E-state index in [2.05, 4.69) is 5.32 Å². The molecule has 3 nitrogen and oxygen atoms in total. The van der Waals surface area contributed by atoms with Gasteiger partial charge in [0, 0.05) is 5.56 Å². The van der Waals surface area contributed by atoms with Gasteiger partial charge in [-0.25, -0.2) is 0 Å². The van der Waals surface area contributed by atoms with Gasteiger partial charge in [0.05, 0.1) is 10.7 Å². The van der Waals surface area contributed by atoms with Crippen LogP contribution in [-0.4, -0.2) is 11.0 Å². The lowest BCUT2D eigenvalue weighted by molar-refractivity contribution is -0.123. The van der Waals surface area contributed by atoms with Crippen molar-refractivity contribution >= 4 is 23.2 Å². The van der Waals surface area contributed by atoms with Gasteiger partial charge in [-0.3, -0.25) is 4.79 Å². The van der Waals surface area contributed by atoms with E-state index in [-0.39, 0.29) is 0 Å². The van der Waals surface area contributed by atoms with E-state index < -0.39 is 12.0 Å². The molecular formula is C8H6ClNO2. The minimum absolute atomic E-state index is 0.418. The average molecular weight is 184 g/mol. The van der Waals surface area contributed by atoms with Gasteiger partial charge >= 0.3 is 0 Å². The van der Waals surface area contributed by atoms with Crippen LogP contribution in [0, 0.1) is 0 Å². The van der Waals surface area contributed by atoms with Crippen LogP contribution in [0.25, 0.3) is 0 Å². The molecule has 1 amide bonds. The summed E-state index contributed by atoms with van der Waals surface area (Å²) in [7, 11) is 0. The molecule has 1 aromatic rings. The van der Waals surface area contributed by atoms with E-state index >= 15 is 0 Å². The van der Waals surface area contributed by atoms with Crippen LogP contribution in [0.3, 0.4) is 0 Å². The van der Waals surface area contributed by atoms with E-state index in [0.717, 1.165) is 0 Å². The van der Waals surface area contributed by atoms with E-state index in [9.17, 15) is 9.90 Å². The number of aliphatic hydroxyl groups is 1. The first kappa shape index (κ1) is 7.58. The number of rotatable bonds is 0. The van der Waals surface area contributed by atoms with Crippen molar-refractivity contribution in [1.29, 1.82) is 0 Å². The van der Waals surface area contributed by atoms with Gasteiger partial charge in [-0.05, 0) is 6.07 Å². The zero-order chi connectivity index (χ0) is 8.72. The lowest BCUT2D eigenvalue weighted by Crippen LogP contribution is -2.10. The highest BCUT2D eigenvalue weighted by Gasteiger charge is 2.29. The standard InChI is InChI=1S/C8H6ClNO2/c9-5-3-1-2-4-6(5)10-8(12)7(4)11/h1-3,7,11H,(H,10,12). The fourth-order valence-electron chi connectivity index (χ4n) is 1.23. The summed E-state index contributed by atoms with van der Waals surface area (Å²) in [6.07, 6.45) is -1.07. The molecule has 1 aromatic carbocycles. The van der Waals surface area contributed by atoms with E-state index in [1.165, 1.54) is 0 Å². The minimum Gasteiger partial charge on any atom is -0.378 e. The first-order chi connectivity index (χ1) is 5.70. The fourth-order valence-corrected chi connectivity index (χ4v) is 1.46. The Morgan fingerprint density at radius 3 is 2.92 bits per heavy atom. The predicted molar refractivity (Wildman–Crippen MR) is 45.0 cm³/mol. The Morgan fingerprint density at radius 2 is 2.25 bits per heavy atom. The number of anilines is 1. The van der Waals surface area contributed by atoms with Gasteiger partial charge in [0.2, 0.25) is 0 Å². The lowest BCUT2D eigenvalue weighted by Gasteiger charge is -1.99. The normalized spacial score (nSPS) is 20.5. The molecule has 0 saturated carbocycles. The molecule has 1 aliphatic rings. The number of fused-ring (bicyclic) bond motifs is 1. The Bertz CT molecular complexity index is 351. The van der Waals surface area contributed by atoms with E-state index in [1.807, 2.05) is 0 Å². The molecule has 2 N–H and O–H groups in total. The van der Waals surface area contributed by atoms with Crippen molar-refractivity contribution in [3.05, 3.63) is 28.8 Å². The maximum absolute atomic E-state index is 11.0. The Labute approximate surface area is 74.0 Å². The van der Waals surface area contributed by atoms with Gasteiger partial charge in [-0.2, -0.15) is 0 Å². The topological polar surface area (TPSA) is 49.3 Å². The third-order valence-corrected chi connectivity index (χ3v) is 2.15. The van der Waals surface area contributed by atoms with Gasteiger partial charge in [0.25, 0.3) is 5.91 Å². The van der Waals surface area contributed by atoms with Crippen molar-refractivity contribution in [2.75, 3.05) is 5.32 Å². The fraction of sp³-hybridized carbons (Fsp3) is 0.125. The predicted octanol–water partition coefficient (Wildman–Crippen LogP) is 1.33. The van der Waals surface area contributed by atoms with Crippen LogP contribution in [0.2, 0.25) is 5.02 Å². The zero-order valence-corrected chi connectivity index (χ0v) is 6.80. The van der Waals surface area contributed by atoms with Crippen molar-refractivity contribution in [1.82, 2.24) is 0 Å². The number of benzene rings is 1. The molecule has 1 heterocycles. The van der Waals surface area contributed by atoms with Crippen LogP contribution in [-0.2, 0) is 4.79 Å². The van der Waals surface area contributed by atoms with E-state index in [1.54, 1.807) is 18.2 Å². The summed E-state index contributed by atoms with van der Waals surface area (Å²) >= 11 is 5.77. The second-order valence-corrected chi connectivity index (χ2v) is 3.00. The number of para-hydroxylation sites is 1. The molecule has 2 rings (SSSR count). The summed E-state index contributed by atoms with van der Waals surface area (Å²) in [6.45, 7) is 0. The minimum atomic E-state index is -1.07. The zero-order valence-electron chi connectivity index (χ0n) is 6.04. The van der Waals surface area contributed by atoms with Gasteiger partial charge in [-0.15, -0.1) is 0 Å². The van der Waals surface area contributed by atoms with Crippen LogP contribution >= 0.6 is 11.6 Å². The van der Waals surface area contributed by atoms with Crippen LogP contribution in [0.4, 0.5) is 5.69 Å². The van der Waals surface area contributed by atoms with Crippen LogP contribution < -0.4 is 5.32 Å². The van der Waals surface area contributed by atoms with Crippen molar-refractivity contribution in [2.45, 2.75) is 6.10 Å².